The van der Waals surface area contributed by atoms with Gasteiger partial charge in [-0.3, -0.25) is 9.52 Å². The number of carboxylic acids is 1. The topological polar surface area (TPSA) is 77.0 Å². The van der Waals surface area contributed by atoms with Gasteiger partial charge in [0.2, 0.25) is 0 Å². The maximum atomic E-state index is 11.1. The number of fused-ring (bicyclic) bond motifs is 1. The molecule has 2 N–H and O–H groups in total. The predicted molar refractivity (Wildman–Crippen MR) is 151 cm³/mol. The van der Waals surface area contributed by atoms with Crippen molar-refractivity contribution in [2.75, 3.05) is 26.0 Å². The Hall–Kier alpha value is -3.29. The summed E-state index contributed by atoms with van der Waals surface area (Å²) in [6.45, 7) is 8.55. The summed E-state index contributed by atoms with van der Waals surface area (Å²) >= 11 is 0. The smallest absolute Gasteiger partial charge is 0.304 e. The first-order valence-corrected chi connectivity index (χ1v) is 14.2. The van der Waals surface area contributed by atoms with Crippen molar-refractivity contribution in [2.24, 2.45) is 0 Å². The summed E-state index contributed by atoms with van der Waals surface area (Å²) in [5.74, 6) is 1.38. The van der Waals surface area contributed by atoms with Gasteiger partial charge in [-0.1, -0.05) is 29.6 Å². The third kappa shape index (κ3) is 6.93. The van der Waals surface area contributed by atoms with Gasteiger partial charge in [-0.25, -0.2) is 0 Å². The van der Waals surface area contributed by atoms with Crippen LogP contribution in [0.25, 0.3) is 11.1 Å². The number of hydrogen-bond donors (Lipinski definition) is 2. The highest BCUT2D eigenvalue weighted by atomic mass is 32.2. The number of rotatable bonds is 11. The van der Waals surface area contributed by atoms with Gasteiger partial charge < -0.3 is 19.3 Å². The van der Waals surface area contributed by atoms with Crippen LogP contribution in [0, 0.1) is 13.8 Å². The summed E-state index contributed by atoms with van der Waals surface area (Å²) < 4.78 is 21.2. The van der Waals surface area contributed by atoms with Crippen LogP contribution >= 0.6 is 10.7 Å². The van der Waals surface area contributed by atoms with Gasteiger partial charge in [0, 0.05) is 24.1 Å². The monoisotopic (exact) mass is 521 g/mol. The molecule has 1 aliphatic heterocycles. The summed E-state index contributed by atoms with van der Waals surface area (Å²) in [7, 11) is 0.117. The molecule has 1 heterocycles. The number of aryl methyl sites for hydroxylation is 2. The van der Waals surface area contributed by atoms with Crippen LogP contribution in [0.5, 0.6) is 17.2 Å². The van der Waals surface area contributed by atoms with Gasteiger partial charge in [-0.15, -0.1) is 10.7 Å². The number of hydrogen-bond acceptors (Lipinski definition) is 5. The Balaban J connectivity index is 1.41. The third-order valence-corrected chi connectivity index (χ3v) is 7.83. The van der Waals surface area contributed by atoms with E-state index in [2.05, 4.69) is 73.5 Å². The second kappa shape index (κ2) is 12.3. The Morgan fingerprint density at radius 1 is 1.11 bits per heavy atom. The SMILES string of the molecule is C/C=S(\C)NCCOc1cc(C)c(-c2cccc(COc3ccc4c(c3)OCC4CC(=O)O)c2)c(C)c1. The van der Waals surface area contributed by atoms with E-state index in [1.807, 2.05) is 18.2 Å². The Morgan fingerprint density at radius 2 is 1.89 bits per heavy atom. The van der Waals surface area contributed by atoms with Crippen LogP contribution in [0.2, 0.25) is 0 Å². The number of ether oxygens (including phenoxy) is 3. The lowest BCUT2D eigenvalue weighted by atomic mass is 9.94. The molecule has 0 aliphatic carbocycles. The Bertz CT molecular complexity index is 1280. The number of benzene rings is 3. The molecule has 7 heteroatoms. The Kier molecular flexibility index (Phi) is 8.90. The Morgan fingerprint density at radius 3 is 2.62 bits per heavy atom. The molecule has 3 aromatic rings. The summed E-state index contributed by atoms with van der Waals surface area (Å²) in [5, 5.41) is 11.2. The molecule has 0 spiro atoms. The van der Waals surface area contributed by atoms with Gasteiger partial charge in [0.25, 0.3) is 0 Å². The molecule has 0 fully saturated rings. The first-order valence-electron chi connectivity index (χ1n) is 12.5. The van der Waals surface area contributed by atoms with Crippen LogP contribution in [0.3, 0.4) is 0 Å². The molecule has 0 saturated heterocycles. The van der Waals surface area contributed by atoms with E-state index >= 15 is 0 Å². The Labute approximate surface area is 221 Å². The largest absolute Gasteiger partial charge is 0.492 e. The normalized spacial score (nSPS) is 15.2. The van der Waals surface area contributed by atoms with Crippen LogP contribution in [0.4, 0.5) is 0 Å². The predicted octanol–water partition coefficient (Wildman–Crippen LogP) is 6.10. The second-order valence-corrected chi connectivity index (χ2v) is 11.1. The maximum Gasteiger partial charge on any atom is 0.304 e. The first kappa shape index (κ1) is 26.8. The lowest BCUT2D eigenvalue weighted by molar-refractivity contribution is -0.137. The number of aliphatic carboxylic acids is 1. The molecule has 2 atom stereocenters. The second-order valence-electron chi connectivity index (χ2n) is 9.26. The fraction of sp³-hybridized carbons (Fsp3) is 0.333. The molecule has 0 saturated carbocycles. The minimum atomic E-state index is -0.817. The van der Waals surface area contributed by atoms with Crippen LogP contribution in [0.15, 0.2) is 54.6 Å². The van der Waals surface area contributed by atoms with E-state index in [9.17, 15) is 4.79 Å². The van der Waals surface area contributed by atoms with E-state index in [1.54, 1.807) is 0 Å². The van der Waals surface area contributed by atoms with Crippen molar-refractivity contribution in [1.82, 2.24) is 4.72 Å². The van der Waals surface area contributed by atoms with Gasteiger partial charge in [0.1, 0.15) is 30.5 Å². The maximum absolute atomic E-state index is 11.1. The quantitative estimate of drug-likeness (QED) is 0.234. The van der Waals surface area contributed by atoms with Crippen LogP contribution in [0.1, 0.15) is 41.5 Å². The first-order chi connectivity index (χ1) is 17.8. The highest BCUT2D eigenvalue weighted by Gasteiger charge is 2.26. The molecule has 0 amide bonds. The molecule has 0 aromatic heterocycles. The number of carboxylic acid groups (broad SMARTS) is 1. The summed E-state index contributed by atoms with van der Waals surface area (Å²) in [4.78, 5) is 11.1. The molecule has 2 unspecified atom stereocenters. The zero-order chi connectivity index (χ0) is 26.4. The molecule has 0 radical (unpaired) electrons. The van der Waals surface area contributed by atoms with Crippen molar-refractivity contribution in [3.05, 3.63) is 76.9 Å². The van der Waals surface area contributed by atoms with Crippen molar-refractivity contribution in [3.63, 3.8) is 0 Å². The van der Waals surface area contributed by atoms with Crippen molar-refractivity contribution in [2.45, 2.75) is 39.7 Å². The molecule has 4 rings (SSSR count). The zero-order valence-electron chi connectivity index (χ0n) is 21.9. The van der Waals surface area contributed by atoms with E-state index in [-0.39, 0.29) is 23.0 Å². The van der Waals surface area contributed by atoms with Gasteiger partial charge in [-0.2, -0.15) is 0 Å². The third-order valence-electron chi connectivity index (χ3n) is 6.47. The van der Waals surface area contributed by atoms with Crippen molar-refractivity contribution in [3.8, 4) is 28.4 Å². The van der Waals surface area contributed by atoms with E-state index in [0.717, 1.165) is 29.0 Å². The number of carbonyl (C=O) groups is 1. The van der Waals surface area contributed by atoms with E-state index < -0.39 is 5.97 Å². The lowest BCUT2D eigenvalue weighted by Crippen LogP contribution is -2.16. The van der Waals surface area contributed by atoms with Crippen molar-refractivity contribution >= 4 is 22.0 Å². The summed E-state index contributed by atoms with van der Waals surface area (Å²) in [5.41, 5.74) is 6.69. The average Bonchev–Trinajstić information content (AvgIpc) is 3.26. The van der Waals surface area contributed by atoms with E-state index in [4.69, 9.17) is 19.3 Å². The lowest BCUT2D eigenvalue weighted by Gasteiger charge is -2.15. The molecule has 1 aliphatic rings. The van der Waals surface area contributed by atoms with Crippen LogP contribution < -0.4 is 18.9 Å². The van der Waals surface area contributed by atoms with E-state index in [0.29, 0.717) is 31.3 Å². The molecule has 37 heavy (non-hydrogen) atoms. The fourth-order valence-electron chi connectivity index (χ4n) is 4.63. The zero-order valence-corrected chi connectivity index (χ0v) is 22.7. The van der Waals surface area contributed by atoms with E-state index in [1.165, 1.54) is 16.7 Å². The molecule has 6 nitrogen and oxygen atoms in total. The molecule has 3 aromatic carbocycles. The minimum absolute atomic E-state index is 0.0700. The summed E-state index contributed by atoms with van der Waals surface area (Å²) in [6.07, 6.45) is 2.22. The van der Waals surface area contributed by atoms with Crippen molar-refractivity contribution in [1.29, 1.82) is 0 Å². The minimum Gasteiger partial charge on any atom is -0.492 e. The van der Waals surface area contributed by atoms with Crippen LogP contribution in [-0.4, -0.2) is 42.5 Å². The number of nitrogens with one attached hydrogen (secondary N) is 1. The van der Waals surface area contributed by atoms with Gasteiger partial charge in [0.15, 0.2) is 0 Å². The van der Waals surface area contributed by atoms with Crippen LogP contribution in [-0.2, 0) is 11.4 Å². The standard InChI is InChI=1S/C30H35NO5S/c1-5-37(4)31-11-12-34-26-13-20(2)30(21(3)14-26)23-8-6-7-22(15-23)18-35-25-9-10-27-24(16-29(32)33)19-36-28(27)17-25/h5-10,13-15,17,24,31H,11-12,16,18-19H2,1-4H3,(H,32,33). The van der Waals surface area contributed by atoms with Gasteiger partial charge >= 0.3 is 5.97 Å². The molecule has 0 bridgehead atoms. The molecular formula is C30H35NO5S. The highest BCUT2D eigenvalue weighted by molar-refractivity contribution is 8.12. The van der Waals surface area contributed by atoms with Crippen molar-refractivity contribution < 1.29 is 24.1 Å². The average molecular weight is 522 g/mol. The molecular weight excluding hydrogens is 486 g/mol. The molecule has 196 valence electrons. The van der Waals surface area contributed by atoms with Gasteiger partial charge in [-0.05, 0) is 79.1 Å². The highest BCUT2D eigenvalue weighted by Crippen LogP contribution is 2.38. The fourth-order valence-corrected chi connectivity index (χ4v) is 5.20. The van der Waals surface area contributed by atoms with Gasteiger partial charge in [0.05, 0.1) is 13.0 Å². The summed E-state index contributed by atoms with van der Waals surface area (Å²) in [6, 6.07) is 18.3.